The zero-order valence-corrected chi connectivity index (χ0v) is 15.7. The maximum absolute atomic E-state index is 14.0. The molecule has 1 fully saturated rings. The lowest BCUT2D eigenvalue weighted by Gasteiger charge is -2.27. The highest BCUT2D eigenvalue weighted by molar-refractivity contribution is 5.58. The van der Waals surface area contributed by atoms with E-state index in [4.69, 9.17) is 4.74 Å². The predicted octanol–water partition coefficient (Wildman–Crippen LogP) is 3.87. The molecule has 0 atom stereocenters. The molecular formula is C20H20FN7O. The number of anilines is 3. The highest BCUT2D eigenvalue weighted by Crippen LogP contribution is 2.20. The summed E-state index contributed by atoms with van der Waals surface area (Å²) in [6.45, 7) is 2.52. The Bertz CT molecular complexity index is 960. The molecule has 8 nitrogen and oxygen atoms in total. The second-order valence-electron chi connectivity index (χ2n) is 6.37. The van der Waals surface area contributed by atoms with Crippen molar-refractivity contribution in [2.75, 3.05) is 36.5 Å². The third kappa shape index (κ3) is 5.08. The molecule has 0 aliphatic carbocycles. The van der Waals surface area contributed by atoms with Crippen LogP contribution in [0.1, 0.15) is 5.69 Å². The first-order chi connectivity index (χ1) is 14.3. The molecule has 0 saturated carbocycles. The number of para-hydroxylation sites is 1. The van der Waals surface area contributed by atoms with Crippen molar-refractivity contribution in [1.82, 2.24) is 15.0 Å². The second kappa shape index (κ2) is 9.16. The number of rotatable bonds is 6. The Hall–Kier alpha value is -3.46. The van der Waals surface area contributed by atoms with Crippen LogP contribution < -0.4 is 10.2 Å². The molecule has 0 bridgehead atoms. The van der Waals surface area contributed by atoms with Crippen LogP contribution in [-0.2, 0) is 11.3 Å². The summed E-state index contributed by atoms with van der Waals surface area (Å²) >= 11 is 0. The minimum absolute atomic E-state index is 0.121. The fraction of sp³-hybridized carbons (Fsp3) is 0.250. The molecule has 9 heteroatoms. The van der Waals surface area contributed by atoms with E-state index < -0.39 is 5.82 Å². The van der Waals surface area contributed by atoms with Crippen molar-refractivity contribution in [2.45, 2.75) is 6.54 Å². The standard InChI is InChI=1S/C20H20FN7O/c21-18-14-23-20(26-19(18)28-8-10-29-11-9-28)27-24-13-16-6-7-17(12-22-16)25-15-4-2-1-3-5-15/h1-7,12,14,25H,8-11,13H2. The Balaban J connectivity index is 1.37. The fourth-order valence-electron chi connectivity index (χ4n) is 2.85. The quantitative estimate of drug-likeness (QED) is 0.640. The summed E-state index contributed by atoms with van der Waals surface area (Å²) in [6, 6.07) is 13.7. The molecule has 1 aromatic carbocycles. The topological polar surface area (TPSA) is 87.9 Å². The molecule has 1 N–H and O–H groups in total. The number of aromatic nitrogens is 3. The van der Waals surface area contributed by atoms with Gasteiger partial charge in [0.05, 0.1) is 37.0 Å². The fourth-order valence-corrected chi connectivity index (χ4v) is 2.85. The van der Waals surface area contributed by atoms with E-state index in [1.165, 1.54) is 0 Å². The molecule has 0 spiro atoms. The van der Waals surface area contributed by atoms with Crippen molar-refractivity contribution < 1.29 is 9.13 Å². The van der Waals surface area contributed by atoms with Gasteiger partial charge in [-0.25, -0.2) is 9.37 Å². The lowest BCUT2D eigenvalue weighted by atomic mass is 10.3. The van der Waals surface area contributed by atoms with Gasteiger partial charge >= 0.3 is 0 Å². The number of ether oxygens (including phenoxy) is 1. The monoisotopic (exact) mass is 393 g/mol. The molecule has 3 aromatic rings. The van der Waals surface area contributed by atoms with Crippen LogP contribution in [0.5, 0.6) is 0 Å². The Morgan fingerprint density at radius 1 is 1.00 bits per heavy atom. The highest BCUT2D eigenvalue weighted by Gasteiger charge is 2.17. The molecule has 1 saturated heterocycles. The molecule has 0 unspecified atom stereocenters. The maximum atomic E-state index is 14.0. The van der Waals surface area contributed by atoms with Crippen LogP contribution in [0.25, 0.3) is 0 Å². The molecule has 1 aliphatic rings. The predicted molar refractivity (Wildman–Crippen MR) is 107 cm³/mol. The van der Waals surface area contributed by atoms with E-state index in [0.717, 1.165) is 23.3 Å². The van der Waals surface area contributed by atoms with Gasteiger partial charge in [0.15, 0.2) is 11.6 Å². The average Bonchev–Trinajstić information content (AvgIpc) is 2.77. The van der Waals surface area contributed by atoms with Crippen molar-refractivity contribution in [3.63, 3.8) is 0 Å². The summed E-state index contributed by atoms with van der Waals surface area (Å²) in [5.41, 5.74) is 2.63. The van der Waals surface area contributed by atoms with Crippen LogP contribution in [0.2, 0.25) is 0 Å². The van der Waals surface area contributed by atoms with Crippen LogP contribution in [0.4, 0.5) is 27.5 Å². The van der Waals surface area contributed by atoms with Crippen molar-refractivity contribution in [2.24, 2.45) is 10.2 Å². The molecule has 29 heavy (non-hydrogen) atoms. The van der Waals surface area contributed by atoms with Crippen molar-refractivity contribution >= 4 is 23.1 Å². The summed E-state index contributed by atoms with van der Waals surface area (Å²) in [6.07, 6.45) is 2.86. The number of nitrogens with zero attached hydrogens (tertiary/aromatic N) is 6. The zero-order chi connectivity index (χ0) is 19.9. The first-order valence-corrected chi connectivity index (χ1v) is 9.28. The Morgan fingerprint density at radius 2 is 1.83 bits per heavy atom. The van der Waals surface area contributed by atoms with E-state index >= 15 is 0 Å². The number of hydrogen-bond donors (Lipinski definition) is 1. The van der Waals surface area contributed by atoms with E-state index in [2.05, 4.69) is 30.5 Å². The number of hydrogen-bond acceptors (Lipinski definition) is 8. The number of benzene rings is 1. The molecular weight excluding hydrogens is 373 g/mol. The van der Waals surface area contributed by atoms with Gasteiger partial charge in [-0.05, 0) is 24.3 Å². The molecule has 2 aromatic heterocycles. The van der Waals surface area contributed by atoms with Crippen LogP contribution in [-0.4, -0.2) is 41.3 Å². The van der Waals surface area contributed by atoms with Gasteiger partial charge in [0.25, 0.3) is 5.95 Å². The second-order valence-corrected chi connectivity index (χ2v) is 6.37. The van der Waals surface area contributed by atoms with Gasteiger partial charge in [-0.2, -0.15) is 10.1 Å². The summed E-state index contributed by atoms with van der Waals surface area (Å²) in [4.78, 5) is 14.3. The Morgan fingerprint density at radius 3 is 2.59 bits per heavy atom. The van der Waals surface area contributed by atoms with Crippen molar-refractivity contribution in [1.29, 1.82) is 0 Å². The summed E-state index contributed by atoms with van der Waals surface area (Å²) in [5, 5.41) is 11.4. The third-order valence-corrected chi connectivity index (χ3v) is 4.30. The lowest BCUT2D eigenvalue weighted by molar-refractivity contribution is 0.122. The van der Waals surface area contributed by atoms with Crippen LogP contribution in [0, 0.1) is 5.82 Å². The highest BCUT2D eigenvalue weighted by atomic mass is 19.1. The van der Waals surface area contributed by atoms with Crippen molar-refractivity contribution in [3.8, 4) is 0 Å². The lowest BCUT2D eigenvalue weighted by Crippen LogP contribution is -2.37. The molecule has 148 valence electrons. The average molecular weight is 393 g/mol. The largest absolute Gasteiger partial charge is 0.378 e. The molecule has 4 rings (SSSR count). The summed E-state index contributed by atoms with van der Waals surface area (Å²) in [7, 11) is 0. The Kier molecular flexibility index (Phi) is 5.96. The van der Waals surface area contributed by atoms with Gasteiger partial charge in [0, 0.05) is 18.8 Å². The van der Waals surface area contributed by atoms with Gasteiger partial charge in [-0.1, -0.05) is 18.2 Å². The molecule has 1 aliphatic heterocycles. The molecule has 0 radical (unpaired) electrons. The summed E-state index contributed by atoms with van der Waals surface area (Å²) < 4.78 is 19.3. The number of morpholine rings is 1. The molecule has 0 amide bonds. The first-order valence-electron chi connectivity index (χ1n) is 9.28. The maximum Gasteiger partial charge on any atom is 0.270 e. The van der Waals surface area contributed by atoms with E-state index in [1.807, 2.05) is 47.4 Å². The smallest absolute Gasteiger partial charge is 0.270 e. The zero-order valence-electron chi connectivity index (χ0n) is 15.7. The van der Waals surface area contributed by atoms with E-state index in [0.29, 0.717) is 26.3 Å². The van der Waals surface area contributed by atoms with Gasteiger partial charge < -0.3 is 15.0 Å². The van der Waals surface area contributed by atoms with Gasteiger partial charge in [0.2, 0.25) is 0 Å². The van der Waals surface area contributed by atoms with Crippen LogP contribution in [0.15, 0.2) is 65.1 Å². The number of nitrogens with one attached hydrogen (secondary N) is 1. The summed E-state index contributed by atoms with van der Waals surface area (Å²) in [5.74, 6) is -0.129. The normalized spacial score (nSPS) is 14.3. The van der Waals surface area contributed by atoms with Crippen LogP contribution in [0.3, 0.4) is 0 Å². The third-order valence-electron chi connectivity index (χ3n) is 4.30. The number of azo groups is 1. The van der Waals surface area contributed by atoms with Gasteiger partial charge in [-0.15, -0.1) is 5.11 Å². The van der Waals surface area contributed by atoms with Crippen LogP contribution >= 0.6 is 0 Å². The number of halogens is 1. The number of pyridine rings is 1. The first kappa shape index (κ1) is 18.9. The molecule has 3 heterocycles. The van der Waals surface area contributed by atoms with Crippen molar-refractivity contribution in [3.05, 3.63) is 66.4 Å². The van der Waals surface area contributed by atoms with Gasteiger partial charge in [-0.3, -0.25) is 4.98 Å². The van der Waals surface area contributed by atoms with Gasteiger partial charge in [0.1, 0.15) is 6.54 Å². The van der Waals surface area contributed by atoms with E-state index in [9.17, 15) is 4.39 Å². The minimum atomic E-state index is -0.478. The van der Waals surface area contributed by atoms with E-state index in [1.54, 1.807) is 6.20 Å². The van der Waals surface area contributed by atoms with E-state index in [-0.39, 0.29) is 18.3 Å². The SMILES string of the molecule is Fc1cnc(N=NCc2ccc(Nc3ccccc3)cn2)nc1N1CCOCC1. The Labute approximate surface area is 167 Å². The minimum Gasteiger partial charge on any atom is -0.378 e.